The Morgan fingerprint density at radius 2 is 1.75 bits per heavy atom. The second kappa shape index (κ2) is 11.2. The summed E-state index contributed by atoms with van der Waals surface area (Å²) in [5, 5.41) is 9.21. The molecule has 0 unspecified atom stereocenters. The van der Waals surface area contributed by atoms with E-state index in [4.69, 9.17) is 8.83 Å². The highest BCUT2D eigenvalue weighted by Crippen LogP contribution is 2.12. The summed E-state index contributed by atoms with van der Waals surface area (Å²) in [6, 6.07) is 14.6. The van der Waals surface area contributed by atoms with Gasteiger partial charge >= 0.3 is 0 Å². The van der Waals surface area contributed by atoms with Crippen molar-refractivity contribution in [1.82, 2.24) is 10.6 Å². The minimum absolute atomic E-state index is 0. The van der Waals surface area contributed by atoms with E-state index in [2.05, 4.69) is 20.9 Å². The fourth-order valence-electron chi connectivity index (χ4n) is 2.39. The van der Waals surface area contributed by atoms with Gasteiger partial charge in [-0.1, -0.05) is 12.1 Å². The van der Waals surface area contributed by atoms with Gasteiger partial charge in [-0.05, 0) is 48.9 Å². The van der Waals surface area contributed by atoms with Gasteiger partial charge in [-0.25, -0.2) is 4.99 Å². The standard InChI is InChI=1S/C20H22N4O3.HI/c1-2-21-20(23-14-17-5-3-11-26-17)22-13-15-7-9-16(10-8-15)24-19(25)18-6-4-12-27-18;/h3-12H,2,13-14H2,1H3,(H,24,25)(H2,21,22,23);1H. The van der Waals surface area contributed by atoms with Crippen LogP contribution in [0.3, 0.4) is 0 Å². The number of hydrogen-bond donors (Lipinski definition) is 3. The van der Waals surface area contributed by atoms with Crippen molar-refractivity contribution in [3.8, 4) is 0 Å². The molecule has 0 saturated heterocycles. The number of benzene rings is 1. The van der Waals surface area contributed by atoms with E-state index in [-0.39, 0.29) is 35.6 Å². The molecule has 2 heterocycles. The number of carbonyl (C=O) groups is 1. The van der Waals surface area contributed by atoms with E-state index in [9.17, 15) is 4.79 Å². The zero-order chi connectivity index (χ0) is 18.9. The molecule has 0 spiro atoms. The number of carbonyl (C=O) groups excluding carboxylic acids is 1. The lowest BCUT2D eigenvalue weighted by Crippen LogP contribution is -2.36. The molecule has 0 atom stereocenters. The molecule has 1 aromatic carbocycles. The Bertz CT molecular complexity index is 860. The minimum atomic E-state index is -0.276. The maximum Gasteiger partial charge on any atom is 0.291 e. The number of amides is 1. The third-order valence-electron chi connectivity index (χ3n) is 3.73. The molecule has 2 aromatic heterocycles. The highest BCUT2D eigenvalue weighted by Gasteiger charge is 2.08. The first-order valence-corrected chi connectivity index (χ1v) is 8.73. The second-order valence-corrected chi connectivity index (χ2v) is 5.76. The van der Waals surface area contributed by atoms with Gasteiger partial charge in [-0.15, -0.1) is 24.0 Å². The third kappa shape index (κ3) is 6.45. The molecule has 0 fully saturated rings. The largest absolute Gasteiger partial charge is 0.467 e. The average Bonchev–Trinajstić information content (AvgIpc) is 3.39. The predicted octanol–water partition coefficient (Wildman–Crippen LogP) is 4.00. The number of hydrogen-bond acceptors (Lipinski definition) is 4. The Hall–Kier alpha value is -2.75. The number of guanidine groups is 1. The summed E-state index contributed by atoms with van der Waals surface area (Å²) < 4.78 is 10.4. The summed E-state index contributed by atoms with van der Waals surface area (Å²) in [5.41, 5.74) is 1.73. The molecule has 3 rings (SSSR count). The quantitative estimate of drug-likeness (QED) is 0.263. The van der Waals surface area contributed by atoms with Crippen LogP contribution in [0.15, 0.2) is 74.9 Å². The van der Waals surface area contributed by atoms with Crippen LogP contribution in [0.5, 0.6) is 0 Å². The first-order valence-electron chi connectivity index (χ1n) is 8.73. The van der Waals surface area contributed by atoms with Crippen molar-refractivity contribution < 1.29 is 13.6 Å². The van der Waals surface area contributed by atoms with Crippen LogP contribution in [-0.4, -0.2) is 18.4 Å². The lowest BCUT2D eigenvalue weighted by atomic mass is 10.2. The van der Waals surface area contributed by atoms with Crippen molar-refractivity contribution >= 4 is 41.5 Å². The minimum Gasteiger partial charge on any atom is -0.467 e. The van der Waals surface area contributed by atoms with Crippen molar-refractivity contribution in [3.05, 3.63) is 78.1 Å². The molecule has 0 radical (unpaired) electrons. The Balaban J connectivity index is 0.00000280. The number of aliphatic imine (C=N–C) groups is 1. The Morgan fingerprint density at radius 1 is 1.00 bits per heavy atom. The number of halogens is 1. The topological polar surface area (TPSA) is 91.8 Å². The van der Waals surface area contributed by atoms with Gasteiger partial charge in [-0.2, -0.15) is 0 Å². The van der Waals surface area contributed by atoms with Crippen LogP contribution in [0, 0.1) is 0 Å². The third-order valence-corrected chi connectivity index (χ3v) is 3.73. The van der Waals surface area contributed by atoms with Gasteiger partial charge in [0.1, 0.15) is 5.76 Å². The first-order chi connectivity index (χ1) is 13.2. The predicted molar refractivity (Wildman–Crippen MR) is 119 cm³/mol. The van der Waals surface area contributed by atoms with Crippen LogP contribution in [0.1, 0.15) is 28.8 Å². The fraction of sp³-hybridized carbons (Fsp3) is 0.200. The molecule has 148 valence electrons. The summed E-state index contributed by atoms with van der Waals surface area (Å²) in [6.45, 7) is 3.86. The first kappa shape index (κ1) is 21.5. The molecule has 3 N–H and O–H groups in total. The lowest BCUT2D eigenvalue weighted by molar-refractivity contribution is 0.0996. The fourth-order valence-corrected chi connectivity index (χ4v) is 2.39. The van der Waals surface area contributed by atoms with Crippen LogP contribution in [0.4, 0.5) is 5.69 Å². The molecule has 0 aliphatic carbocycles. The molecule has 0 bridgehead atoms. The number of rotatable bonds is 7. The van der Waals surface area contributed by atoms with Crippen LogP contribution in [-0.2, 0) is 13.1 Å². The van der Waals surface area contributed by atoms with Gasteiger partial charge in [0.25, 0.3) is 5.91 Å². The van der Waals surface area contributed by atoms with Gasteiger partial charge in [0.05, 0.1) is 25.6 Å². The van der Waals surface area contributed by atoms with E-state index in [1.165, 1.54) is 6.26 Å². The normalized spacial score (nSPS) is 10.8. The van der Waals surface area contributed by atoms with E-state index < -0.39 is 0 Å². The molecule has 0 saturated carbocycles. The summed E-state index contributed by atoms with van der Waals surface area (Å²) in [5.74, 6) is 1.56. The van der Waals surface area contributed by atoms with Crippen molar-refractivity contribution in [2.45, 2.75) is 20.0 Å². The second-order valence-electron chi connectivity index (χ2n) is 5.76. The van der Waals surface area contributed by atoms with Crippen molar-refractivity contribution in [2.75, 3.05) is 11.9 Å². The molecule has 0 aliphatic rings. The SMILES string of the molecule is CCNC(=NCc1ccc(NC(=O)c2ccco2)cc1)NCc1ccco1.I. The zero-order valence-corrected chi connectivity index (χ0v) is 17.8. The molecule has 0 aliphatic heterocycles. The van der Waals surface area contributed by atoms with E-state index in [0.717, 1.165) is 17.9 Å². The van der Waals surface area contributed by atoms with Crippen molar-refractivity contribution in [2.24, 2.45) is 4.99 Å². The highest BCUT2D eigenvalue weighted by molar-refractivity contribution is 14.0. The molecular weight excluding hydrogens is 471 g/mol. The molecule has 7 nitrogen and oxygen atoms in total. The Morgan fingerprint density at radius 3 is 2.39 bits per heavy atom. The van der Waals surface area contributed by atoms with Crippen molar-refractivity contribution in [3.63, 3.8) is 0 Å². The number of nitrogens with one attached hydrogen (secondary N) is 3. The summed E-state index contributed by atoms with van der Waals surface area (Å²) >= 11 is 0. The molecule has 28 heavy (non-hydrogen) atoms. The molecular formula is C20H23IN4O3. The van der Waals surface area contributed by atoms with Gasteiger partial charge in [0, 0.05) is 12.2 Å². The van der Waals surface area contributed by atoms with Gasteiger partial charge < -0.3 is 24.8 Å². The molecule has 3 aromatic rings. The van der Waals surface area contributed by atoms with Gasteiger partial charge in [0.15, 0.2) is 11.7 Å². The Labute approximate surface area is 180 Å². The van der Waals surface area contributed by atoms with E-state index in [1.807, 2.05) is 43.3 Å². The monoisotopic (exact) mass is 494 g/mol. The number of furan rings is 2. The summed E-state index contributed by atoms with van der Waals surface area (Å²) in [6.07, 6.45) is 3.12. The zero-order valence-electron chi connectivity index (χ0n) is 15.5. The molecule has 8 heteroatoms. The lowest BCUT2D eigenvalue weighted by Gasteiger charge is -2.10. The van der Waals surface area contributed by atoms with Crippen molar-refractivity contribution in [1.29, 1.82) is 0 Å². The number of anilines is 1. The molecule has 1 amide bonds. The smallest absolute Gasteiger partial charge is 0.291 e. The van der Waals surface area contributed by atoms with E-state index in [1.54, 1.807) is 18.4 Å². The maximum atomic E-state index is 12.0. The average molecular weight is 494 g/mol. The van der Waals surface area contributed by atoms with Crippen LogP contribution in [0.25, 0.3) is 0 Å². The maximum absolute atomic E-state index is 12.0. The Kier molecular flexibility index (Phi) is 8.60. The van der Waals surface area contributed by atoms with Crippen LogP contribution < -0.4 is 16.0 Å². The van der Waals surface area contributed by atoms with Crippen LogP contribution in [0.2, 0.25) is 0 Å². The van der Waals surface area contributed by atoms with Gasteiger partial charge in [-0.3, -0.25) is 4.79 Å². The number of nitrogens with zero attached hydrogens (tertiary/aromatic N) is 1. The van der Waals surface area contributed by atoms with E-state index >= 15 is 0 Å². The summed E-state index contributed by atoms with van der Waals surface area (Å²) in [7, 11) is 0. The van der Waals surface area contributed by atoms with Crippen LogP contribution >= 0.6 is 24.0 Å². The summed E-state index contributed by atoms with van der Waals surface area (Å²) in [4.78, 5) is 16.5. The van der Waals surface area contributed by atoms with E-state index in [0.29, 0.717) is 24.7 Å². The highest BCUT2D eigenvalue weighted by atomic mass is 127. The van der Waals surface area contributed by atoms with Gasteiger partial charge in [0.2, 0.25) is 0 Å².